The molecule has 0 aliphatic heterocycles. The molecule has 0 aromatic carbocycles. The number of nitrogens with zero attached hydrogens (tertiary/aromatic N) is 2. The summed E-state index contributed by atoms with van der Waals surface area (Å²) in [6, 6.07) is 0. The Morgan fingerprint density at radius 1 is 1.80 bits per heavy atom. The second-order valence-electron chi connectivity index (χ2n) is 1.38. The molecule has 0 aliphatic carbocycles. The van der Waals surface area contributed by atoms with E-state index in [0.29, 0.717) is 0 Å². The van der Waals surface area contributed by atoms with Gasteiger partial charge >= 0.3 is 0 Å². The lowest BCUT2D eigenvalue weighted by atomic mass is 10.8. The molecule has 0 atom stereocenters. The van der Waals surface area contributed by atoms with Crippen molar-refractivity contribution >= 4 is 34.7 Å². The van der Waals surface area contributed by atoms with E-state index in [1.807, 2.05) is 6.08 Å². The van der Waals surface area contributed by atoms with Gasteiger partial charge in [-0.1, -0.05) is 40.8 Å². The van der Waals surface area contributed by atoms with Gasteiger partial charge in [0, 0.05) is 11.3 Å². The van der Waals surface area contributed by atoms with Crippen LogP contribution in [0.3, 0.4) is 0 Å². The van der Waals surface area contributed by atoms with E-state index < -0.39 is 0 Å². The monoisotopic (exact) mass is 192 g/mol. The first-order valence-electron chi connectivity index (χ1n) is 2.57. The molecule has 1 heterocycles. The van der Waals surface area contributed by atoms with Crippen LogP contribution in [0.2, 0.25) is 0 Å². The van der Waals surface area contributed by atoms with E-state index in [0.717, 1.165) is 10.1 Å². The van der Waals surface area contributed by atoms with Gasteiger partial charge in [-0.3, -0.25) is 0 Å². The average molecular weight is 193 g/mol. The maximum absolute atomic E-state index is 5.32. The summed E-state index contributed by atoms with van der Waals surface area (Å²) in [5, 5.41) is 7.53. The fraction of sp³-hybridized carbons (Fsp3) is 0.200. The van der Waals surface area contributed by atoms with Crippen LogP contribution >= 0.6 is 34.7 Å². The molecule has 5 heteroatoms. The van der Waals surface area contributed by atoms with Gasteiger partial charge in [0.05, 0.1) is 0 Å². The van der Waals surface area contributed by atoms with Crippen molar-refractivity contribution < 1.29 is 0 Å². The Kier molecular flexibility index (Phi) is 3.79. The SMILES string of the molecule is Cl/C=C/CSc1nncs1. The molecule has 0 fully saturated rings. The Morgan fingerprint density at radius 2 is 2.70 bits per heavy atom. The van der Waals surface area contributed by atoms with Crippen LogP contribution in [0.15, 0.2) is 21.5 Å². The standard InChI is InChI=1S/C5H5ClN2S2/c6-2-1-3-9-5-8-7-4-10-5/h1-2,4H,3H2/b2-1+. The van der Waals surface area contributed by atoms with E-state index >= 15 is 0 Å². The third-order valence-electron chi connectivity index (χ3n) is 0.732. The molecule has 1 rings (SSSR count). The van der Waals surface area contributed by atoms with E-state index in [1.165, 1.54) is 16.9 Å². The molecule has 0 radical (unpaired) electrons. The van der Waals surface area contributed by atoms with E-state index in [1.54, 1.807) is 17.3 Å². The van der Waals surface area contributed by atoms with Crippen LogP contribution in [0.25, 0.3) is 0 Å². The van der Waals surface area contributed by atoms with Crippen molar-refractivity contribution in [3.63, 3.8) is 0 Å². The highest BCUT2D eigenvalue weighted by molar-refractivity contribution is 8.01. The summed E-state index contributed by atoms with van der Waals surface area (Å²) in [7, 11) is 0. The van der Waals surface area contributed by atoms with Gasteiger partial charge in [-0.05, 0) is 0 Å². The molecule has 2 nitrogen and oxygen atoms in total. The lowest BCUT2D eigenvalue weighted by Crippen LogP contribution is -1.71. The third-order valence-corrected chi connectivity index (χ3v) is 2.72. The first-order valence-corrected chi connectivity index (χ1v) is 4.88. The minimum Gasteiger partial charge on any atom is -0.146 e. The molecule has 1 aromatic rings. The third kappa shape index (κ3) is 2.68. The number of rotatable bonds is 3. The number of hydrogen-bond acceptors (Lipinski definition) is 4. The zero-order valence-electron chi connectivity index (χ0n) is 5.03. The molecule has 0 unspecified atom stereocenters. The van der Waals surface area contributed by atoms with Crippen molar-refractivity contribution in [1.82, 2.24) is 10.2 Å². The van der Waals surface area contributed by atoms with Crippen LogP contribution in [0.5, 0.6) is 0 Å². The van der Waals surface area contributed by atoms with Gasteiger partial charge in [0.2, 0.25) is 0 Å². The number of thioether (sulfide) groups is 1. The van der Waals surface area contributed by atoms with E-state index in [2.05, 4.69) is 10.2 Å². The molecule has 0 saturated carbocycles. The fourth-order valence-corrected chi connectivity index (χ4v) is 1.90. The molecule has 0 saturated heterocycles. The molecule has 0 spiro atoms. The smallest absolute Gasteiger partial charge is 0.146 e. The maximum Gasteiger partial charge on any atom is 0.174 e. The minimum atomic E-state index is 0.860. The highest BCUT2D eigenvalue weighted by Crippen LogP contribution is 2.18. The van der Waals surface area contributed by atoms with Crippen LogP contribution in [-0.2, 0) is 0 Å². The van der Waals surface area contributed by atoms with Crippen LogP contribution in [-0.4, -0.2) is 16.0 Å². The van der Waals surface area contributed by atoms with Crippen molar-refractivity contribution in [3.05, 3.63) is 17.1 Å². The average Bonchev–Trinajstić information content (AvgIpc) is 2.41. The molecule has 10 heavy (non-hydrogen) atoms. The first kappa shape index (κ1) is 8.04. The largest absolute Gasteiger partial charge is 0.174 e. The second-order valence-corrected chi connectivity index (χ2v) is 3.73. The lowest BCUT2D eigenvalue weighted by Gasteiger charge is -1.85. The first-order chi connectivity index (χ1) is 4.93. The van der Waals surface area contributed by atoms with E-state index in [-0.39, 0.29) is 0 Å². The van der Waals surface area contributed by atoms with Crippen LogP contribution in [0, 0.1) is 0 Å². The predicted octanol–water partition coefficient (Wildman–Crippen LogP) is 2.38. The highest BCUT2D eigenvalue weighted by Gasteiger charge is 1.92. The number of halogens is 1. The van der Waals surface area contributed by atoms with Gasteiger partial charge in [0.25, 0.3) is 0 Å². The molecule has 54 valence electrons. The van der Waals surface area contributed by atoms with Crippen molar-refractivity contribution in [3.8, 4) is 0 Å². The Bertz CT molecular complexity index is 197. The number of hydrogen-bond donors (Lipinski definition) is 0. The summed E-state index contributed by atoms with van der Waals surface area (Å²) in [6.07, 6.45) is 1.87. The van der Waals surface area contributed by atoms with Gasteiger partial charge in [-0.15, -0.1) is 10.2 Å². The van der Waals surface area contributed by atoms with Gasteiger partial charge in [0.15, 0.2) is 4.34 Å². The lowest BCUT2D eigenvalue weighted by molar-refractivity contribution is 1.01. The molecular formula is C5H5ClN2S2. The molecule has 0 N–H and O–H groups in total. The Labute approximate surface area is 72.3 Å². The summed E-state index contributed by atoms with van der Waals surface area (Å²) in [6.45, 7) is 0. The summed E-state index contributed by atoms with van der Waals surface area (Å²) in [4.78, 5) is 0. The summed E-state index contributed by atoms with van der Waals surface area (Å²) < 4.78 is 0.981. The van der Waals surface area contributed by atoms with Gasteiger partial charge in [-0.2, -0.15) is 0 Å². The van der Waals surface area contributed by atoms with Crippen LogP contribution in [0.4, 0.5) is 0 Å². The zero-order chi connectivity index (χ0) is 7.23. The van der Waals surface area contributed by atoms with Gasteiger partial charge in [-0.25, -0.2) is 0 Å². The summed E-state index contributed by atoms with van der Waals surface area (Å²) in [5.41, 5.74) is 3.22. The Hall–Kier alpha value is -0.0600. The Morgan fingerprint density at radius 3 is 3.30 bits per heavy atom. The van der Waals surface area contributed by atoms with E-state index in [9.17, 15) is 0 Å². The van der Waals surface area contributed by atoms with Gasteiger partial charge in [0.1, 0.15) is 5.51 Å². The molecule has 0 aliphatic rings. The quantitative estimate of drug-likeness (QED) is 0.688. The van der Waals surface area contributed by atoms with Crippen LogP contribution < -0.4 is 0 Å². The normalized spacial score (nSPS) is 10.9. The maximum atomic E-state index is 5.32. The fourth-order valence-electron chi connectivity index (χ4n) is 0.382. The zero-order valence-corrected chi connectivity index (χ0v) is 7.42. The molecule has 1 aromatic heterocycles. The van der Waals surface area contributed by atoms with Crippen molar-refractivity contribution in [1.29, 1.82) is 0 Å². The van der Waals surface area contributed by atoms with Gasteiger partial charge < -0.3 is 0 Å². The Balaban J connectivity index is 2.28. The van der Waals surface area contributed by atoms with Crippen LogP contribution in [0.1, 0.15) is 0 Å². The van der Waals surface area contributed by atoms with Crippen molar-refractivity contribution in [2.45, 2.75) is 4.34 Å². The summed E-state index contributed by atoms with van der Waals surface area (Å²) >= 11 is 8.48. The van der Waals surface area contributed by atoms with E-state index in [4.69, 9.17) is 11.6 Å². The number of aromatic nitrogens is 2. The minimum absolute atomic E-state index is 0.860. The molecule has 0 amide bonds. The molecule has 0 bridgehead atoms. The molecular weight excluding hydrogens is 188 g/mol. The second kappa shape index (κ2) is 4.71. The van der Waals surface area contributed by atoms with Crippen molar-refractivity contribution in [2.24, 2.45) is 0 Å². The summed E-state index contributed by atoms with van der Waals surface area (Å²) in [5.74, 6) is 0.860. The predicted molar refractivity (Wildman–Crippen MR) is 45.6 cm³/mol. The highest BCUT2D eigenvalue weighted by atomic mass is 35.5. The topological polar surface area (TPSA) is 25.8 Å². The van der Waals surface area contributed by atoms with Crippen molar-refractivity contribution in [2.75, 3.05) is 5.75 Å².